The Hall–Kier alpha value is -3.81. The van der Waals surface area contributed by atoms with Gasteiger partial charge in [-0.2, -0.15) is 0 Å². The molecule has 1 atom stereocenters. The number of para-hydroxylation sites is 1. The van der Waals surface area contributed by atoms with E-state index in [1.165, 1.54) is 48.4 Å². The molecule has 3 aromatic carbocycles. The number of aromatic amines is 1. The average molecular weight is 511 g/mol. The Morgan fingerprint density at radius 2 is 1.80 bits per heavy atom. The zero-order valence-corrected chi connectivity index (χ0v) is 19.7. The van der Waals surface area contributed by atoms with E-state index in [9.17, 15) is 19.1 Å². The first-order valence-electron chi connectivity index (χ1n) is 10.5. The first kappa shape index (κ1) is 23.0. The molecule has 1 aromatic heterocycles. The molecule has 1 aliphatic rings. The molecule has 176 valence electrons. The minimum absolute atomic E-state index is 0.0620. The number of nitrogens with one attached hydrogen (secondary N) is 1. The number of H-pyrrole nitrogens is 1. The van der Waals surface area contributed by atoms with Crippen molar-refractivity contribution in [2.24, 2.45) is 0 Å². The van der Waals surface area contributed by atoms with Gasteiger partial charge in [-0.15, -0.1) is 0 Å². The van der Waals surface area contributed by atoms with Crippen LogP contribution in [-0.2, 0) is 9.59 Å². The molecule has 5 rings (SSSR count). The minimum Gasteiger partial charge on any atom is -0.507 e. The van der Waals surface area contributed by atoms with Gasteiger partial charge in [0, 0.05) is 33.4 Å². The summed E-state index contributed by atoms with van der Waals surface area (Å²) in [5, 5.41) is 12.5. The van der Waals surface area contributed by atoms with E-state index in [1.54, 1.807) is 6.20 Å². The molecule has 4 aromatic rings. The number of anilines is 1. The number of halogens is 3. The van der Waals surface area contributed by atoms with E-state index >= 15 is 0 Å². The van der Waals surface area contributed by atoms with Gasteiger partial charge < -0.3 is 14.8 Å². The number of carbonyl (C=O) groups is 2. The maximum absolute atomic E-state index is 13.6. The van der Waals surface area contributed by atoms with Crippen molar-refractivity contribution < 1.29 is 23.8 Å². The molecule has 9 heteroatoms. The summed E-state index contributed by atoms with van der Waals surface area (Å²) in [4.78, 5) is 31.1. The lowest BCUT2D eigenvalue weighted by Gasteiger charge is -2.25. The van der Waals surface area contributed by atoms with Crippen molar-refractivity contribution >= 4 is 57.2 Å². The molecular formula is C26H17Cl2FN2O4. The van der Waals surface area contributed by atoms with Crippen molar-refractivity contribution in [3.05, 3.63) is 99.4 Å². The molecule has 0 aliphatic carbocycles. The fraction of sp³-hybridized carbons (Fsp3) is 0.0769. The Labute approximate surface area is 209 Å². The number of methoxy groups -OCH3 is 1. The lowest BCUT2D eigenvalue weighted by Crippen LogP contribution is -2.29. The van der Waals surface area contributed by atoms with E-state index in [-0.39, 0.29) is 26.9 Å². The van der Waals surface area contributed by atoms with Crippen molar-refractivity contribution in [2.75, 3.05) is 12.0 Å². The van der Waals surface area contributed by atoms with Crippen molar-refractivity contribution in [2.45, 2.75) is 6.04 Å². The number of aliphatic hydroxyl groups is 1. The number of nitrogens with zero attached hydrogens (tertiary/aromatic N) is 1. The highest BCUT2D eigenvalue weighted by atomic mass is 35.5. The first-order chi connectivity index (χ1) is 16.8. The summed E-state index contributed by atoms with van der Waals surface area (Å²) in [6, 6.07) is 14.4. The number of hydrogen-bond donors (Lipinski definition) is 2. The quantitative estimate of drug-likeness (QED) is 0.193. The lowest BCUT2D eigenvalue weighted by atomic mass is 9.94. The van der Waals surface area contributed by atoms with Crippen LogP contribution in [0.2, 0.25) is 10.0 Å². The molecule has 1 unspecified atom stereocenters. The van der Waals surface area contributed by atoms with Crippen LogP contribution in [0.15, 0.2) is 72.4 Å². The molecule has 1 saturated heterocycles. The zero-order chi connectivity index (χ0) is 24.9. The van der Waals surface area contributed by atoms with Crippen molar-refractivity contribution in [1.82, 2.24) is 4.98 Å². The number of hydrogen-bond acceptors (Lipinski definition) is 4. The summed E-state index contributed by atoms with van der Waals surface area (Å²) in [5.74, 6) is -2.68. The van der Waals surface area contributed by atoms with Gasteiger partial charge in [-0.1, -0.05) is 41.4 Å². The van der Waals surface area contributed by atoms with Crippen LogP contribution < -0.4 is 9.64 Å². The topological polar surface area (TPSA) is 82.6 Å². The summed E-state index contributed by atoms with van der Waals surface area (Å²) >= 11 is 12.4. The number of amides is 1. The summed E-state index contributed by atoms with van der Waals surface area (Å²) in [6.45, 7) is 0. The average Bonchev–Trinajstić information content (AvgIpc) is 3.37. The minimum atomic E-state index is -1.03. The van der Waals surface area contributed by atoms with Crippen LogP contribution in [0.4, 0.5) is 10.1 Å². The van der Waals surface area contributed by atoms with E-state index < -0.39 is 29.3 Å². The molecule has 0 radical (unpaired) electrons. The number of carbonyl (C=O) groups excluding carboxylic acids is 2. The van der Waals surface area contributed by atoms with Gasteiger partial charge in [-0.05, 0) is 42.5 Å². The van der Waals surface area contributed by atoms with E-state index in [0.717, 1.165) is 10.9 Å². The molecular weight excluding hydrogens is 494 g/mol. The van der Waals surface area contributed by atoms with E-state index in [0.29, 0.717) is 11.3 Å². The van der Waals surface area contributed by atoms with Crippen LogP contribution in [-0.4, -0.2) is 28.9 Å². The van der Waals surface area contributed by atoms with Crippen LogP contribution in [0.1, 0.15) is 17.2 Å². The summed E-state index contributed by atoms with van der Waals surface area (Å²) in [5.41, 5.74) is 1.51. The van der Waals surface area contributed by atoms with Crippen LogP contribution >= 0.6 is 23.2 Å². The second-order valence-corrected chi connectivity index (χ2v) is 8.75. The second-order valence-electron chi connectivity index (χ2n) is 7.90. The highest BCUT2D eigenvalue weighted by Gasteiger charge is 2.48. The maximum atomic E-state index is 13.6. The largest absolute Gasteiger partial charge is 0.507 e. The van der Waals surface area contributed by atoms with Crippen molar-refractivity contribution in [3.8, 4) is 5.75 Å². The Bertz CT molecular complexity index is 1530. The SMILES string of the molecule is COc1c(Cl)cc(Cl)cc1/C(O)=C1\C(=O)C(=O)N(c2ccc(F)cc2)C1c1c[nH]c2ccccc12. The van der Waals surface area contributed by atoms with Crippen LogP contribution in [0.5, 0.6) is 5.75 Å². The highest BCUT2D eigenvalue weighted by Crippen LogP contribution is 2.46. The predicted molar refractivity (Wildman–Crippen MR) is 132 cm³/mol. The lowest BCUT2D eigenvalue weighted by molar-refractivity contribution is -0.132. The number of rotatable bonds is 4. The molecule has 0 bridgehead atoms. The smallest absolute Gasteiger partial charge is 0.300 e. The van der Waals surface area contributed by atoms with E-state index in [1.807, 2.05) is 24.3 Å². The third kappa shape index (κ3) is 3.73. The third-order valence-electron chi connectivity index (χ3n) is 5.93. The van der Waals surface area contributed by atoms with Crippen molar-refractivity contribution in [1.29, 1.82) is 0 Å². The summed E-state index contributed by atoms with van der Waals surface area (Å²) in [7, 11) is 1.36. The maximum Gasteiger partial charge on any atom is 0.300 e. The Kier molecular flexibility index (Phi) is 5.75. The normalized spacial score (nSPS) is 17.4. The van der Waals surface area contributed by atoms with Gasteiger partial charge in [0.1, 0.15) is 17.3 Å². The fourth-order valence-electron chi connectivity index (χ4n) is 4.40. The zero-order valence-electron chi connectivity index (χ0n) is 18.2. The molecule has 2 heterocycles. The van der Waals surface area contributed by atoms with Gasteiger partial charge in [0.25, 0.3) is 11.7 Å². The number of aromatic nitrogens is 1. The number of ketones is 1. The van der Waals surface area contributed by atoms with Gasteiger partial charge >= 0.3 is 0 Å². The Morgan fingerprint density at radius 3 is 2.51 bits per heavy atom. The second kappa shape index (κ2) is 8.76. The molecule has 1 amide bonds. The fourth-order valence-corrected chi connectivity index (χ4v) is 4.97. The molecule has 0 spiro atoms. The van der Waals surface area contributed by atoms with Gasteiger partial charge in [0.05, 0.1) is 29.3 Å². The third-order valence-corrected chi connectivity index (χ3v) is 6.43. The monoisotopic (exact) mass is 510 g/mol. The Morgan fingerprint density at radius 1 is 1.09 bits per heavy atom. The number of ether oxygens (including phenoxy) is 1. The Balaban J connectivity index is 1.82. The van der Waals surface area contributed by atoms with Crippen LogP contribution in [0.25, 0.3) is 16.7 Å². The highest BCUT2D eigenvalue weighted by molar-refractivity contribution is 6.52. The summed E-state index contributed by atoms with van der Waals surface area (Å²) < 4.78 is 19.0. The number of fused-ring (bicyclic) bond motifs is 1. The van der Waals surface area contributed by atoms with E-state index in [4.69, 9.17) is 27.9 Å². The summed E-state index contributed by atoms with van der Waals surface area (Å²) in [6.07, 6.45) is 1.67. The van der Waals surface area contributed by atoms with Crippen molar-refractivity contribution in [3.63, 3.8) is 0 Å². The standard InChI is InChI=1S/C26H17Cl2FN2O4/c1-35-25-17(10-13(27)11-19(25)28)23(32)21-22(18-12-30-20-5-3-2-4-16(18)20)31(26(34)24(21)33)15-8-6-14(29)7-9-15/h2-12,22,30,32H,1H3/b23-21+. The van der Waals surface area contributed by atoms with Gasteiger partial charge in [-0.25, -0.2) is 4.39 Å². The van der Waals surface area contributed by atoms with Crippen LogP contribution in [0, 0.1) is 5.82 Å². The predicted octanol–water partition coefficient (Wildman–Crippen LogP) is 6.25. The molecule has 1 fully saturated rings. The van der Waals surface area contributed by atoms with Crippen LogP contribution in [0.3, 0.4) is 0 Å². The van der Waals surface area contributed by atoms with Gasteiger partial charge in [0.2, 0.25) is 0 Å². The molecule has 6 nitrogen and oxygen atoms in total. The molecule has 0 saturated carbocycles. The molecule has 2 N–H and O–H groups in total. The number of benzene rings is 3. The number of Topliss-reactive ketones (excluding diaryl/α,β-unsaturated/α-hetero) is 1. The van der Waals surface area contributed by atoms with Gasteiger partial charge in [0.15, 0.2) is 0 Å². The molecule has 1 aliphatic heterocycles. The first-order valence-corrected chi connectivity index (χ1v) is 11.2. The van der Waals surface area contributed by atoms with Gasteiger partial charge in [-0.3, -0.25) is 14.5 Å². The number of aliphatic hydroxyl groups excluding tert-OH is 1. The van der Waals surface area contributed by atoms with E-state index in [2.05, 4.69) is 4.98 Å². The molecule has 35 heavy (non-hydrogen) atoms.